The van der Waals surface area contributed by atoms with Gasteiger partial charge in [-0.1, -0.05) is 79.6 Å². The lowest BCUT2D eigenvalue weighted by Crippen LogP contribution is -2.03. The van der Waals surface area contributed by atoms with Gasteiger partial charge in [0, 0.05) is 22.9 Å². The smallest absolute Gasteiger partial charge is 0.0743 e. The number of hydrogen-bond acceptors (Lipinski definition) is 1. The molecule has 2 nitrogen and oxygen atoms in total. The molecule has 176 valence electrons. The predicted molar refractivity (Wildman–Crippen MR) is 148 cm³/mol. The highest BCUT2D eigenvalue weighted by atomic mass is 35.5. The van der Waals surface area contributed by atoms with E-state index in [-0.39, 0.29) is 5.92 Å². The zero-order valence-corrected chi connectivity index (χ0v) is 21.0. The van der Waals surface area contributed by atoms with Crippen LogP contribution in [0.4, 0.5) is 0 Å². The second kappa shape index (κ2) is 10.5. The van der Waals surface area contributed by atoms with E-state index in [0.717, 1.165) is 59.8 Å². The van der Waals surface area contributed by atoms with Crippen molar-refractivity contribution >= 4 is 17.7 Å². The number of rotatable bonds is 8. The fraction of sp³-hybridized carbons (Fsp3) is 0.219. The van der Waals surface area contributed by atoms with Crippen molar-refractivity contribution in [1.82, 2.24) is 9.78 Å². The summed E-state index contributed by atoms with van der Waals surface area (Å²) in [6.07, 6.45) is 11.7. The number of aryl methyl sites for hydroxylation is 2. The minimum absolute atomic E-state index is 0.144. The van der Waals surface area contributed by atoms with Crippen LogP contribution in [0.3, 0.4) is 0 Å². The van der Waals surface area contributed by atoms with E-state index in [0.29, 0.717) is 0 Å². The highest BCUT2D eigenvalue weighted by Crippen LogP contribution is 2.31. The minimum Gasteiger partial charge on any atom is -0.233 e. The van der Waals surface area contributed by atoms with E-state index in [1.54, 1.807) is 0 Å². The Morgan fingerprint density at radius 1 is 1.06 bits per heavy atom. The summed E-state index contributed by atoms with van der Waals surface area (Å²) >= 11 is 6.27. The molecule has 0 aliphatic heterocycles. The van der Waals surface area contributed by atoms with E-state index in [9.17, 15) is 0 Å². The molecule has 1 aliphatic carbocycles. The van der Waals surface area contributed by atoms with Crippen LogP contribution in [0.15, 0.2) is 91.5 Å². The molecule has 0 N–H and O–H groups in total. The van der Waals surface area contributed by atoms with Crippen molar-refractivity contribution in [3.8, 4) is 16.9 Å². The Labute approximate surface area is 213 Å². The maximum Gasteiger partial charge on any atom is 0.0743 e. The van der Waals surface area contributed by atoms with Crippen LogP contribution in [0, 0.1) is 0 Å². The van der Waals surface area contributed by atoms with E-state index in [4.69, 9.17) is 16.7 Å². The Morgan fingerprint density at radius 3 is 2.69 bits per heavy atom. The highest BCUT2D eigenvalue weighted by molar-refractivity contribution is 6.30. The Hall–Kier alpha value is -3.36. The molecule has 1 atom stereocenters. The molecule has 1 aromatic heterocycles. The quantitative estimate of drug-likeness (QED) is 0.232. The van der Waals surface area contributed by atoms with E-state index < -0.39 is 0 Å². The minimum atomic E-state index is 0.144. The first-order valence-corrected chi connectivity index (χ1v) is 12.9. The van der Waals surface area contributed by atoms with Gasteiger partial charge in [-0.2, -0.15) is 5.10 Å². The van der Waals surface area contributed by atoms with Crippen molar-refractivity contribution in [1.29, 1.82) is 0 Å². The molecule has 0 radical (unpaired) electrons. The van der Waals surface area contributed by atoms with Gasteiger partial charge in [0.05, 0.1) is 17.1 Å². The van der Waals surface area contributed by atoms with Gasteiger partial charge < -0.3 is 0 Å². The Morgan fingerprint density at radius 2 is 1.91 bits per heavy atom. The number of benzene rings is 3. The average Bonchev–Trinajstić information content (AvgIpc) is 3.31. The fourth-order valence-electron chi connectivity index (χ4n) is 4.92. The normalized spacial score (nSPS) is 13.4. The molecule has 1 heterocycles. The Bertz CT molecular complexity index is 1360. The maximum atomic E-state index is 6.27. The summed E-state index contributed by atoms with van der Waals surface area (Å²) in [6.45, 7) is 6.32. The monoisotopic (exact) mass is 478 g/mol. The van der Waals surface area contributed by atoms with Crippen molar-refractivity contribution in [3.63, 3.8) is 0 Å². The van der Waals surface area contributed by atoms with Gasteiger partial charge in [-0.05, 0) is 77.9 Å². The number of halogens is 1. The van der Waals surface area contributed by atoms with E-state index in [2.05, 4.69) is 84.9 Å². The lowest BCUT2D eigenvalue weighted by molar-refractivity contribution is 0.773. The van der Waals surface area contributed by atoms with Crippen LogP contribution in [0.5, 0.6) is 0 Å². The summed E-state index contributed by atoms with van der Waals surface area (Å²) in [7, 11) is 0. The van der Waals surface area contributed by atoms with Crippen molar-refractivity contribution < 1.29 is 0 Å². The fourth-order valence-corrected chi connectivity index (χ4v) is 5.12. The van der Waals surface area contributed by atoms with Crippen molar-refractivity contribution in [2.75, 3.05) is 0 Å². The molecule has 0 fully saturated rings. The number of hydrogen-bond donors (Lipinski definition) is 0. The SMILES string of the molecule is C=CC(Cc1cc(-c2ccc3c(c2)CCC=C3)n(-c2ccc(CCC)cc2)n1)c1cccc(Cl)c1. The second-order valence-corrected chi connectivity index (χ2v) is 9.74. The summed E-state index contributed by atoms with van der Waals surface area (Å²) in [5.41, 5.74) is 9.69. The largest absolute Gasteiger partial charge is 0.233 e. The first-order valence-electron chi connectivity index (χ1n) is 12.5. The lowest BCUT2D eigenvalue weighted by atomic mass is 9.93. The molecule has 0 spiro atoms. The van der Waals surface area contributed by atoms with E-state index in [1.165, 1.54) is 22.3 Å². The van der Waals surface area contributed by atoms with Gasteiger partial charge in [0.25, 0.3) is 0 Å². The topological polar surface area (TPSA) is 17.8 Å². The van der Waals surface area contributed by atoms with Gasteiger partial charge in [0.15, 0.2) is 0 Å². The summed E-state index contributed by atoms with van der Waals surface area (Å²) < 4.78 is 2.10. The average molecular weight is 479 g/mol. The van der Waals surface area contributed by atoms with Gasteiger partial charge in [-0.25, -0.2) is 4.68 Å². The molecule has 1 unspecified atom stereocenters. The predicted octanol–water partition coefficient (Wildman–Crippen LogP) is 8.62. The van der Waals surface area contributed by atoms with Crippen LogP contribution in [0.1, 0.15) is 53.6 Å². The number of fused-ring (bicyclic) bond motifs is 1. The molecule has 35 heavy (non-hydrogen) atoms. The van der Waals surface area contributed by atoms with Crippen molar-refractivity contribution in [2.24, 2.45) is 0 Å². The molecule has 3 heteroatoms. The van der Waals surface area contributed by atoms with Gasteiger partial charge in [0.1, 0.15) is 0 Å². The molecular formula is C32H31ClN2. The number of nitrogens with zero attached hydrogens (tertiary/aromatic N) is 2. The first kappa shape index (κ1) is 23.4. The van der Waals surface area contributed by atoms with Gasteiger partial charge in [-0.3, -0.25) is 0 Å². The highest BCUT2D eigenvalue weighted by Gasteiger charge is 2.17. The van der Waals surface area contributed by atoms with E-state index in [1.807, 2.05) is 24.3 Å². The van der Waals surface area contributed by atoms with Crippen LogP contribution < -0.4 is 0 Å². The molecule has 5 rings (SSSR count). The summed E-state index contributed by atoms with van der Waals surface area (Å²) in [5.74, 6) is 0.144. The Balaban J connectivity index is 1.55. The third kappa shape index (κ3) is 5.18. The van der Waals surface area contributed by atoms with Gasteiger partial charge in [-0.15, -0.1) is 6.58 Å². The number of allylic oxidation sites excluding steroid dienone is 2. The van der Waals surface area contributed by atoms with Crippen LogP contribution in [-0.2, 0) is 19.3 Å². The molecule has 1 aliphatic rings. The van der Waals surface area contributed by atoms with E-state index >= 15 is 0 Å². The molecule has 0 saturated heterocycles. The van der Waals surface area contributed by atoms with Crippen LogP contribution in [0.25, 0.3) is 23.0 Å². The molecule has 4 aromatic rings. The summed E-state index contributed by atoms with van der Waals surface area (Å²) in [6, 6.07) is 25.9. The van der Waals surface area contributed by atoms with Crippen molar-refractivity contribution in [2.45, 2.75) is 44.9 Å². The lowest BCUT2D eigenvalue weighted by Gasteiger charge is -2.13. The molecule has 0 bridgehead atoms. The van der Waals surface area contributed by atoms with Crippen LogP contribution in [0.2, 0.25) is 5.02 Å². The summed E-state index contributed by atoms with van der Waals surface area (Å²) in [5, 5.41) is 5.85. The van der Waals surface area contributed by atoms with Gasteiger partial charge in [0.2, 0.25) is 0 Å². The zero-order chi connectivity index (χ0) is 24.2. The second-order valence-electron chi connectivity index (χ2n) is 9.31. The third-order valence-electron chi connectivity index (χ3n) is 6.79. The maximum absolute atomic E-state index is 6.27. The standard InChI is InChI=1S/C32H31ClN2/c1-3-8-23-13-17-31(18-14-23)35-32(28-16-15-25-9-5-6-10-26(25)19-28)22-30(34-35)21-24(4-2)27-11-7-12-29(33)20-27/h4-5,7,9,11-20,22,24H,2-3,6,8,10,21H2,1H3. The first-order chi connectivity index (χ1) is 17.1. The third-order valence-corrected chi connectivity index (χ3v) is 7.02. The van der Waals surface area contributed by atoms with Crippen molar-refractivity contribution in [3.05, 3.63) is 124 Å². The molecule has 0 amide bonds. The Kier molecular flexibility index (Phi) is 7.01. The summed E-state index contributed by atoms with van der Waals surface area (Å²) in [4.78, 5) is 0. The molecular weight excluding hydrogens is 448 g/mol. The number of aromatic nitrogens is 2. The van der Waals surface area contributed by atoms with Crippen LogP contribution in [-0.4, -0.2) is 9.78 Å². The molecule has 3 aromatic carbocycles. The van der Waals surface area contributed by atoms with Crippen LogP contribution >= 0.6 is 11.6 Å². The molecule has 0 saturated carbocycles. The van der Waals surface area contributed by atoms with Gasteiger partial charge >= 0.3 is 0 Å². The zero-order valence-electron chi connectivity index (χ0n) is 20.3.